The average molecular weight is 1180 g/mol. The molecule has 0 radical (unpaired) electrons. The summed E-state index contributed by atoms with van der Waals surface area (Å²) in [7, 11) is -10.7. The predicted molar refractivity (Wildman–Crippen MR) is 328 cm³/mol. The molecule has 0 spiro atoms. The van der Waals surface area contributed by atoms with Crippen molar-refractivity contribution in [2.45, 2.75) is 284 Å². The van der Waals surface area contributed by atoms with Gasteiger partial charge >= 0.3 is 12.1 Å². The minimum Gasteiger partial charge on any atom is -0.459 e. The van der Waals surface area contributed by atoms with Crippen molar-refractivity contribution < 1.29 is 54.4 Å². The highest BCUT2D eigenvalue weighted by molar-refractivity contribution is 6.75. The van der Waals surface area contributed by atoms with Crippen molar-refractivity contribution >= 4 is 53.3 Å². The standard InChI is InChI=1S/C60H113F3O9Si5/c1-25-75(26-2,27-3)70-54(48(12)43-50(14)69-73(20,21)22)55(71-76(28-4,29-5)30-6)53(64)44-52(68-56(65)59(66-19,60(61,62)63)51-37-35-34-36-38-51)45-58(18,72-77(31-7,32-8)33-9)49(13)42-47(11)41-46(10)39-40-67-74(23,24)57(15,16)17/h34-38,42,46,48,50,52,54-55H,11,25-33,39-41,43-45H2,1-10,12-24H3/b49-42+/t46-,48+,50-,52+,54-,55-,58+,59-/m0/s1. The average Bonchev–Trinajstić information content (AvgIpc) is 3.33. The van der Waals surface area contributed by atoms with Gasteiger partial charge in [-0.2, -0.15) is 13.2 Å². The Morgan fingerprint density at radius 1 is 0.701 bits per heavy atom. The number of ketones is 1. The fourth-order valence-electron chi connectivity index (χ4n) is 10.7. The first kappa shape index (κ1) is 73.5. The second-order valence-corrected chi connectivity index (χ2v) is 48.7. The smallest absolute Gasteiger partial charge is 0.432 e. The number of alkyl halides is 3. The Hall–Kier alpha value is -1.53. The Morgan fingerprint density at radius 3 is 1.61 bits per heavy atom. The van der Waals surface area contributed by atoms with Gasteiger partial charge in [0.05, 0.1) is 11.7 Å². The molecule has 8 atom stereocenters. The second-order valence-electron chi connectivity index (χ2n) is 25.3. The van der Waals surface area contributed by atoms with Gasteiger partial charge in [0.2, 0.25) is 0 Å². The summed E-state index contributed by atoms with van der Waals surface area (Å²) in [6.45, 7) is 52.3. The van der Waals surface area contributed by atoms with Gasteiger partial charge in [-0.25, -0.2) is 4.79 Å². The van der Waals surface area contributed by atoms with Crippen LogP contribution in [0.1, 0.15) is 155 Å². The third-order valence-electron chi connectivity index (χ3n) is 17.7. The van der Waals surface area contributed by atoms with Gasteiger partial charge in [-0.15, -0.1) is 0 Å². The van der Waals surface area contributed by atoms with E-state index in [-0.39, 0.29) is 35.2 Å². The van der Waals surface area contributed by atoms with E-state index in [0.29, 0.717) is 19.4 Å². The lowest BCUT2D eigenvalue weighted by Gasteiger charge is -2.45. The fourth-order valence-corrected chi connectivity index (χ4v) is 22.0. The third kappa shape index (κ3) is 20.7. The van der Waals surface area contributed by atoms with E-state index in [9.17, 15) is 4.79 Å². The van der Waals surface area contributed by atoms with E-state index in [0.717, 1.165) is 79.1 Å². The minimum absolute atomic E-state index is 0.0940. The molecule has 448 valence electrons. The van der Waals surface area contributed by atoms with Crippen LogP contribution in [0.5, 0.6) is 0 Å². The lowest BCUT2D eigenvalue weighted by molar-refractivity contribution is -0.278. The Bertz CT molecular complexity index is 1940. The van der Waals surface area contributed by atoms with Crippen LogP contribution in [-0.2, 0) is 46.8 Å². The van der Waals surface area contributed by atoms with Gasteiger partial charge in [-0.05, 0) is 150 Å². The molecular formula is C60H113F3O9Si5. The Balaban J connectivity index is 4.45. The van der Waals surface area contributed by atoms with Gasteiger partial charge < -0.3 is 31.6 Å². The van der Waals surface area contributed by atoms with E-state index >= 15 is 18.0 Å². The van der Waals surface area contributed by atoms with E-state index < -0.39 is 95.2 Å². The Morgan fingerprint density at radius 2 is 1.18 bits per heavy atom. The maximum atomic E-state index is 16.1. The van der Waals surface area contributed by atoms with E-state index in [1.807, 2.05) is 19.9 Å². The molecule has 1 aromatic carbocycles. The summed E-state index contributed by atoms with van der Waals surface area (Å²) in [6.07, 6.45) is -5.03. The quantitative estimate of drug-likeness (QED) is 0.0364. The number of esters is 1. The normalized spacial score (nSPS) is 17.7. The van der Waals surface area contributed by atoms with Crippen molar-refractivity contribution in [3.8, 4) is 0 Å². The number of methoxy groups -OCH3 is 1. The number of allylic oxidation sites excluding steroid dienone is 2. The van der Waals surface area contributed by atoms with E-state index in [1.165, 1.54) is 24.3 Å². The van der Waals surface area contributed by atoms with Gasteiger partial charge in [0.25, 0.3) is 5.60 Å². The summed E-state index contributed by atoms with van der Waals surface area (Å²) in [5.74, 6) is -2.01. The molecule has 0 unspecified atom stereocenters. The molecule has 0 N–H and O–H groups in total. The number of carbonyl (C=O) groups excluding carboxylic acids is 2. The fraction of sp³-hybridized carbons (Fsp3) is 0.800. The molecule has 0 saturated carbocycles. The highest BCUT2D eigenvalue weighted by Crippen LogP contribution is 2.45. The molecule has 0 aromatic heterocycles. The summed E-state index contributed by atoms with van der Waals surface area (Å²) in [5, 5.41) is 0.0940. The molecule has 0 aliphatic carbocycles. The molecule has 17 heteroatoms. The minimum atomic E-state index is -5.25. The highest BCUT2D eigenvalue weighted by atomic mass is 28.4. The Kier molecular flexibility index (Phi) is 29.8. The highest BCUT2D eigenvalue weighted by Gasteiger charge is 2.64. The number of ether oxygens (including phenoxy) is 2. The predicted octanol–water partition coefficient (Wildman–Crippen LogP) is 18.1. The lowest BCUT2D eigenvalue weighted by Crippen LogP contribution is -2.56. The SMILES string of the molecule is C=C(/C=C(\C)[C@@](C)(C[C@@H](CC(=O)[C@H](O[Si](CC)(CC)CC)[C@@H](O[Si](CC)(CC)CC)[C@H](C)C[C@H](C)O[Si](C)(C)C)OC(=O)[C@@](OC)(c1ccccc1)C(F)(F)F)O[Si](CC)(CC)CC)C[C@@H](C)CCO[Si](C)(C)C(C)(C)C. The summed E-state index contributed by atoms with van der Waals surface area (Å²) >= 11 is 0. The van der Waals surface area contributed by atoms with Crippen LogP contribution in [-0.4, -0.2) is 103 Å². The van der Waals surface area contributed by atoms with Gasteiger partial charge in [0.1, 0.15) is 12.2 Å². The van der Waals surface area contributed by atoms with E-state index in [2.05, 4.69) is 143 Å². The summed E-state index contributed by atoms with van der Waals surface area (Å²) < 4.78 is 94.7. The zero-order chi connectivity index (χ0) is 59.6. The van der Waals surface area contributed by atoms with Crippen LogP contribution >= 0.6 is 0 Å². The molecule has 0 heterocycles. The maximum absolute atomic E-state index is 16.1. The summed E-state index contributed by atoms with van der Waals surface area (Å²) in [6, 6.07) is 13.9. The molecular weight excluding hydrogens is 1060 g/mol. The topological polar surface area (TPSA) is 98.8 Å². The van der Waals surface area contributed by atoms with Crippen LogP contribution in [0.4, 0.5) is 13.2 Å². The number of rotatable bonds is 38. The Labute approximate surface area is 474 Å². The molecule has 0 bridgehead atoms. The van der Waals surface area contributed by atoms with Crippen LogP contribution in [0.15, 0.2) is 54.1 Å². The number of hydrogen-bond acceptors (Lipinski definition) is 9. The van der Waals surface area contributed by atoms with Crippen molar-refractivity contribution in [1.29, 1.82) is 0 Å². The van der Waals surface area contributed by atoms with E-state index in [4.69, 9.17) is 31.6 Å². The molecule has 0 aliphatic heterocycles. The molecule has 77 heavy (non-hydrogen) atoms. The second kappa shape index (κ2) is 31.2. The zero-order valence-electron chi connectivity index (χ0n) is 53.1. The van der Waals surface area contributed by atoms with Crippen LogP contribution in [0.2, 0.25) is 92.2 Å². The monoisotopic (exact) mass is 1170 g/mol. The molecule has 1 aromatic rings. The first-order chi connectivity index (χ1) is 35.4. The first-order valence-corrected chi connectivity index (χ1v) is 43.5. The van der Waals surface area contributed by atoms with Gasteiger partial charge in [-0.3, -0.25) is 4.79 Å². The molecule has 0 fully saturated rings. The number of carbonyl (C=O) groups is 2. The van der Waals surface area contributed by atoms with Crippen molar-refractivity contribution in [1.82, 2.24) is 0 Å². The van der Waals surface area contributed by atoms with E-state index in [1.54, 1.807) is 6.07 Å². The van der Waals surface area contributed by atoms with Crippen molar-refractivity contribution in [3.63, 3.8) is 0 Å². The number of hydrogen-bond donors (Lipinski definition) is 0. The van der Waals surface area contributed by atoms with Crippen molar-refractivity contribution in [3.05, 3.63) is 59.7 Å². The van der Waals surface area contributed by atoms with Crippen LogP contribution in [0.3, 0.4) is 0 Å². The largest absolute Gasteiger partial charge is 0.459 e. The van der Waals surface area contributed by atoms with Crippen LogP contribution in [0, 0.1) is 11.8 Å². The summed E-state index contributed by atoms with van der Waals surface area (Å²) in [5.41, 5.74) is -3.51. The maximum Gasteiger partial charge on any atom is 0.432 e. The van der Waals surface area contributed by atoms with Gasteiger partial charge in [0.15, 0.2) is 47.4 Å². The van der Waals surface area contributed by atoms with Gasteiger partial charge in [0, 0.05) is 38.2 Å². The van der Waals surface area contributed by atoms with Crippen molar-refractivity contribution in [2.75, 3.05) is 13.7 Å². The molecule has 0 amide bonds. The number of halogens is 3. The molecule has 1 rings (SSSR count). The zero-order valence-corrected chi connectivity index (χ0v) is 58.1. The number of benzene rings is 1. The number of Topliss-reactive ketones (excluding diaryl/α,β-unsaturated/α-hetero) is 1. The third-order valence-corrected chi connectivity index (χ3v) is 37.3. The summed E-state index contributed by atoms with van der Waals surface area (Å²) in [4.78, 5) is 31.0. The molecule has 9 nitrogen and oxygen atoms in total. The molecule has 0 saturated heterocycles. The first-order valence-electron chi connectivity index (χ1n) is 29.6. The van der Waals surface area contributed by atoms with Crippen LogP contribution < -0.4 is 0 Å². The van der Waals surface area contributed by atoms with Gasteiger partial charge in [-0.1, -0.05) is 145 Å². The van der Waals surface area contributed by atoms with Crippen molar-refractivity contribution in [2.24, 2.45) is 11.8 Å². The van der Waals surface area contributed by atoms with Crippen LogP contribution in [0.25, 0.3) is 0 Å². The molecule has 0 aliphatic rings. The lowest BCUT2D eigenvalue weighted by atomic mass is 9.85.